The summed E-state index contributed by atoms with van der Waals surface area (Å²) >= 11 is 0. The van der Waals surface area contributed by atoms with Crippen molar-refractivity contribution in [2.24, 2.45) is 0 Å². The van der Waals surface area contributed by atoms with Crippen molar-refractivity contribution in [1.82, 2.24) is 9.97 Å². The van der Waals surface area contributed by atoms with Crippen molar-refractivity contribution in [3.8, 4) is 5.88 Å². The first kappa shape index (κ1) is 14.1. The van der Waals surface area contributed by atoms with Crippen LogP contribution in [0.2, 0.25) is 0 Å². The van der Waals surface area contributed by atoms with Crippen LogP contribution in [-0.4, -0.2) is 23.6 Å². The van der Waals surface area contributed by atoms with Crippen LogP contribution in [0.25, 0.3) is 0 Å². The molecule has 1 heterocycles. The smallest absolute Gasteiger partial charge is 0.234 e. The van der Waals surface area contributed by atoms with E-state index in [0.717, 1.165) is 17.1 Å². The van der Waals surface area contributed by atoms with Gasteiger partial charge in [0.1, 0.15) is 0 Å². The second-order valence-electron chi connectivity index (χ2n) is 4.61. The lowest BCUT2D eigenvalue weighted by molar-refractivity contribution is 0.325. The second-order valence-corrected chi connectivity index (χ2v) is 4.61. The number of hydrogen-bond acceptors (Lipinski definition) is 5. The molecule has 0 aliphatic heterocycles. The summed E-state index contributed by atoms with van der Waals surface area (Å²) in [4.78, 5) is 10.7. The van der Waals surface area contributed by atoms with E-state index in [1.165, 1.54) is 0 Å². The Kier molecular flexibility index (Phi) is 4.40. The maximum atomic E-state index is 5.83. The first-order valence-electron chi connectivity index (χ1n) is 6.65. The monoisotopic (exact) mass is 272 g/mol. The Labute approximate surface area is 119 Å². The van der Waals surface area contributed by atoms with Crippen LogP contribution in [0, 0.1) is 0 Å². The number of aromatic nitrogens is 2. The van der Waals surface area contributed by atoms with E-state index in [9.17, 15) is 0 Å². The zero-order chi connectivity index (χ0) is 14.5. The first-order valence-corrected chi connectivity index (χ1v) is 6.65. The third kappa shape index (κ3) is 3.17. The van der Waals surface area contributed by atoms with E-state index < -0.39 is 0 Å². The molecule has 0 amide bonds. The largest absolute Gasteiger partial charge is 0.477 e. The van der Waals surface area contributed by atoms with E-state index in [1.54, 1.807) is 12.4 Å². The van der Waals surface area contributed by atoms with Gasteiger partial charge in [-0.05, 0) is 31.5 Å². The number of nitrogens with zero attached hydrogens (tertiary/aromatic N) is 3. The summed E-state index contributed by atoms with van der Waals surface area (Å²) in [5, 5.41) is 0. The summed E-state index contributed by atoms with van der Waals surface area (Å²) < 4.78 is 5.38. The fourth-order valence-corrected chi connectivity index (χ4v) is 1.97. The molecule has 1 atom stereocenters. The molecular formula is C15H20N4O. The number of ether oxygens (including phenoxy) is 1. The molecular weight excluding hydrogens is 252 g/mol. The molecule has 0 bridgehead atoms. The molecule has 2 rings (SSSR count). The Balaban J connectivity index is 2.21. The highest BCUT2D eigenvalue weighted by atomic mass is 16.5. The van der Waals surface area contributed by atoms with E-state index >= 15 is 0 Å². The standard InChI is InChI=1S/C15H20N4O/c1-4-20-15-10-17-9-14(18-15)19(3)11(2)12-6-5-7-13(16)8-12/h5-11H,4,16H2,1-3H3. The molecule has 0 saturated heterocycles. The number of anilines is 2. The normalized spacial score (nSPS) is 11.9. The summed E-state index contributed by atoms with van der Waals surface area (Å²) in [6, 6.07) is 8.01. The predicted molar refractivity (Wildman–Crippen MR) is 80.9 cm³/mol. The molecule has 1 aromatic carbocycles. The summed E-state index contributed by atoms with van der Waals surface area (Å²) in [7, 11) is 1.98. The Morgan fingerprint density at radius 1 is 1.35 bits per heavy atom. The predicted octanol–water partition coefficient (Wildman–Crippen LogP) is 2.65. The number of nitrogen functional groups attached to an aromatic ring is 1. The molecule has 20 heavy (non-hydrogen) atoms. The van der Waals surface area contributed by atoms with Crippen LogP contribution < -0.4 is 15.4 Å². The van der Waals surface area contributed by atoms with Crippen LogP contribution in [0.3, 0.4) is 0 Å². The van der Waals surface area contributed by atoms with Crippen LogP contribution in [0.1, 0.15) is 25.5 Å². The lowest BCUT2D eigenvalue weighted by Gasteiger charge is -2.26. The van der Waals surface area contributed by atoms with Crippen molar-refractivity contribution in [2.45, 2.75) is 19.9 Å². The quantitative estimate of drug-likeness (QED) is 0.848. The van der Waals surface area contributed by atoms with Crippen LogP contribution in [0.15, 0.2) is 36.7 Å². The minimum atomic E-state index is 0.143. The zero-order valence-corrected chi connectivity index (χ0v) is 12.1. The van der Waals surface area contributed by atoms with Gasteiger partial charge in [-0.1, -0.05) is 12.1 Å². The highest BCUT2D eigenvalue weighted by molar-refractivity contribution is 5.45. The molecule has 2 N–H and O–H groups in total. The number of hydrogen-bond donors (Lipinski definition) is 1. The maximum absolute atomic E-state index is 5.83. The van der Waals surface area contributed by atoms with Gasteiger partial charge in [-0.25, -0.2) is 0 Å². The third-order valence-corrected chi connectivity index (χ3v) is 3.23. The molecule has 1 aromatic heterocycles. The molecule has 0 aliphatic rings. The molecule has 0 radical (unpaired) electrons. The van der Waals surface area contributed by atoms with Gasteiger partial charge in [-0.3, -0.25) is 4.98 Å². The number of rotatable bonds is 5. The van der Waals surface area contributed by atoms with Gasteiger partial charge < -0.3 is 15.4 Å². The van der Waals surface area contributed by atoms with Gasteiger partial charge >= 0.3 is 0 Å². The average molecular weight is 272 g/mol. The molecule has 5 heteroatoms. The van der Waals surface area contributed by atoms with Crippen LogP contribution >= 0.6 is 0 Å². The van der Waals surface area contributed by atoms with Crippen molar-refractivity contribution in [3.05, 3.63) is 42.2 Å². The van der Waals surface area contributed by atoms with Gasteiger partial charge in [0.15, 0.2) is 5.82 Å². The maximum Gasteiger partial charge on any atom is 0.234 e. The van der Waals surface area contributed by atoms with Crippen LogP contribution in [-0.2, 0) is 0 Å². The van der Waals surface area contributed by atoms with E-state index in [4.69, 9.17) is 10.5 Å². The zero-order valence-electron chi connectivity index (χ0n) is 12.1. The van der Waals surface area contributed by atoms with Crippen molar-refractivity contribution in [3.63, 3.8) is 0 Å². The van der Waals surface area contributed by atoms with Gasteiger partial charge in [-0.2, -0.15) is 4.98 Å². The minimum Gasteiger partial charge on any atom is -0.477 e. The van der Waals surface area contributed by atoms with Gasteiger partial charge in [0.05, 0.1) is 25.0 Å². The molecule has 2 aromatic rings. The highest BCUT2D eigenvalue weighted by Crippen LogP contribution is 2.25. The number of nitrogens with two attached hydrogens (primary N) is 1. The Morgan fingerprint density at radius 2 is 2.15 bits per heavy atom. The lowest BCUT2D eigenvalue weighted by atomic mass is 10.1. The van der Waals surface area contributed by atoms with E-state index in [1.807, 2.05) is 37.1 Å². The topological polar surface area (TPSA) is 64.3 Å². The lowest BCUT2D eigenvalue weighted by Crippen LogP contribution is -2.23. The van der Waals surface area contributed by atoms with E-state index in [0.29, 0.717) is 12.5 Å². The SMILES string of the molecule is CCOc1cncc(N(C)C(C)c2cccc(N)c2)n1. The highest BCUT2D eigenvalue weighted by Gasteiger charge is 2.14. The molecule has 0 fully saturated rings. The molecule has 5 nitrogen and oxygen atoms in total. The van der Waals surface area contributed by atoms with Gasteiger partial charge in [0.25, 0.3) is 0 Å². The Morgan fingerprint density at radius 3 is 2.85 bits per heavy atom. The van der Waals surface area contributed by atoms with Gasteiger partial charge in [0, 0.05) is 12.7 Å². The van der Waals surface area contributed by atoms with Gasteiger partial charge in [0.2, 0.25) is 5.88 Å². The Bertz CT molecular complexity index is 573. The third-order valence-electron chi connectivity index (χ3n) is 3.23. The van der Waals surface area contributed by atoms with Crippen molar-refractivity contribution in [2.75, 3.05) is 24.3 Å². The van der Waals surface area contributed by atoms with Crippen molar-refractivity contribution >= 4 is 11.5 Å². The Hall–Kier alpha value is -2.30. The molecule has 0 spiro atoms. The average Bonchev–Trinajstić information content (AvgIpc) is 2.46. The number of benzene rings is 1. The minimum absolute atomic E-state index is 0.143. The van der Waals surface area contributed by atoms with Crippen molar-refractivity contribution in [1.29, 1.82) is 0 Å². The summed E-state index contributed by atoms with van der Waals surface area (Å²) in [5.74, 6) is 1.31. The molecule has 1 unspecified atom stereocenters. The fourth-order valence-electron chi connectivity index (χ4n) is 1.97. The van der Waals surface area contributed by atoms with E-state index in [-0.39, 0.29) is 6.04 Å². The van der Waals surface area contributed by atoms with E-state index in [2.05, 4.69) is 23.0 Å². The second kappa shape index (κ2) is 6.23. The fraction of sp³-hybridized carbons (Fsp3) is 0.333. The molecule has 106 valence electrons. The van der Waals surface area contributed by atoms with Crippen LogP contribution in [0.5, 0.6) is 5.88 Å². The summed E-state index contributed by atoms with van der Waals surface area (Å²) in [6.45, 7) is 4.60. The summed E-state index contributed by atoms with van der Waals surface area (Å²) in [6.07, 6.45) is 3.34. The first-order chi connectivity index (χ1) is 9.61. The molecule has 0 saturated carbocycles. The van der Waals surface area contributed by atoms with Gasteiger partial charge in [-0.15, -0.1) is 0 Å². The van der Waals surface area contributed by atoms with Crippen molar-refractivity contribution < 1.29 is 4.74 Å². The molecule has 0 aliphatic carbocycles. The summed E-state index contributed by atoms with van der Waals surface area (Å²) in [5.41, 5.74) is 7.73. The van der Waals surface area contributed by atoms with Crippen LogP contribution in [0.4, 0.5) is 11.5 Å².